The Bertz CT molecular complexity index is 2360. The minimum Gasteiger partial charge on any atom is -0.482 e. The molecule has 0 amide bonds. The Hall–Kier alpha value is -2.76. The number of rotatable bonds is 14. The number of allylic oxidation sites excluding steroid dienone is 4. The van der Waals surface area contributed by atoms with Crippen molar-refractivity contribution in [2.45, 2.75) is 120 Å². The topological polar surface area (TPSA) is 268 Å². The number of hydrogen-bond donors (Lipinski definition) is 5. The summed E-state index contributed by atoms with van der Waals surface area (Å²) in [5, 5.41) is 12.2. The second-order valence-corrected chi connectivity index (χ2v) is 22.8. The van der Waals surface area contributed by atoms with E-state index >= 15 is 4.79 Å². The molecule has 7 rings (SSSR count). The van der Waals surface area contributed by atoms with Gasteiger partial charge in [0.05, 0.1) is 24.4 Å². The Labute approximate surface area is 360 Å². The molecule has 3 aliphatic carbocycles. The lowest BCUT2D eigenvalue weighted by Gasteiger charge is -2.65. The number of Topliss-reactive ketones (excluding diaryl/α,β-unsaturated/α-hetero) is 2. The number of ether oxygens (including phenoxy) is 4. The minimum absolute atomic E-state index is 0.00145. The standard InChI is InChI=1S/C39H50BrO18P3/c1-20(2)11-10-16-36(8)17-15-24-28(53-36)23(13-12-21(3)4)29-27(30(24)55-60(48,49)58-61(50,51)57-59(45,46)47)33(43)38(40)32(42)25-19-26-35(6,7)56-37(31(25)41,39(26,38)54-29)18-14-22(5)34(44)52-9/h11-12,14-15,17,25-26,32,42H,10,13,16,18-19H2,1-9H3,(H,48,49)(H,50,51)(H2,45,46,47). The van der Waals surface area contributed by atoms with Crippen molar-refractivity contribution in [1.29, 1.82) is 0 Å². The molecule has 3 aliphatic heterocycles. The first-order chi connectivity index (χ1) is 27.9. The van der Waals surface area contributed by atoms with E-state index in [0.717, 1.165) is 11.1 Å². The summed E-state index contributed by atoms with van der Waals surface area (Å²) in [5.74, 6) is -5.47. The average Bonchev–Trinajstić information content (AvgIpc) is 3.25. The molecule has 5 N–H and O–H groups in total. The zero-order chi connectivity index (χ0) is 45.7. The van der Waals surface area contributed by atoms with Gasteiger partial charge >= 0.3 is 29.4 Å². The van der Waals surface area contributed by atoms with E-state index in [1.165, 1.54) is 26.2 Å². The highest BCUT2D eigenvalue weighted by molar-refractivity contribution is 9.10. The Balaban J connectivity index is 1.69. The number of hydrogen-bond acceptors (Lipinski definition) is 14. The number of esters is 1. The highest BCUT2D eigenvalue weighted by Crippen LogP contribution is 2.74. The molecule has 9 atom stereocenters. The van der Waals surface area contributed by atoms with E-state index in [2.05, 4.69) is 24.6 Å². The maximum Gasteiger partial charge on any atom is 0.536 e. The zero-order valence-corrected chi connectivity index (χ0v) is 39.2. The molecular formula is C39H50BrO18P3. The van der Waals surface area contributed by atoms with Crippen molar-refractivity contribution in [1.82, 2.24) is 0 Å². The quantitative estimate of drug-likeness (QED) is 0.0417. The van der Waals surface area contributed by atoms with Gasteiger partial charge in [-0.1, -0.05) is 45.3 Å². The van der Waals surface area contributed by atoms with Gasteiger partial charge in [0, 0.05) is 29.4 Å². The van der Waals surface area contributed by atoms with E-state index in [1.807, 2.05) is 33.8 Å². The number of phosphoric acid groups is 3. The third-order valence-electron chi connectivity index (χ3n) is 11.9. The summed E-state index contributed by atoms with van der Waals surface area (Å²) in [6.07, 6.45) is 7.15. The van der Waals surface area contributed by atoms with Gasteiger partial charge in [-0.2, -0.15) is 8.62 Å². The van der Waals surface area contributed by atoms with Gasteiger partial charge < -0.3 is 43.3 Å². The van der Waals surface area contributed by atoms with Gasteiger partial charge in [-0.15, -0.1) is 0 Å². The van der Waals surface area contributed by atoms with E-state index in [1.54, 1.807) is 32.9 Å². The lowest BCUT2D eigenvalue weighted by molar-refractivity contribution is -0.211. The number of phosphoric ester groups is 1. The molecule has 3 heterocycles. The smallest absolute Gasteiger partial charge is 0.482 e. The molecule has 0 aromatic heterocycles. The van der Waals surface area contributed by atoms with Crippen LogP contribution in [0.1, 0.15) is 103 Å². The molecule has 0 radical (unpaired) electrons. The van der Waals surface area contributed by atoms with Crippen molar-refractivity contribution < 1.29 is 84.9 Å². The van der Waals surface area contributed by atoms with Crippen LogP contribution >= 0.6 is 39.4 Å². The van der Waals surface area contributed by atoms with E-state index in [0.29, 0.717) is 12.8 Å². The Morgan fingerprint density at radius 1 is 0.934 bits per heavy atom. The number of ketones is 2. The Morgan fingerprint density at radius 3 is 2.16 bits per heavy atom. The molecule has 336 valence electrons. The molecule has 61 heavy (non-hydrogen) atoms. The summed E-state index contributed by atoms with van der Waals surface area (Å²) in [6.45, 7) is 14.2. The third kappa shape index (κ3) is 7.95. The van der Waals surface area contributed by atoms with Gasteiger partial charge in [0.15, 0.2) is 32.8 Å². The van der Waals surface area contributed by atoms with Crippen LogP contribution in [0.25, 0.3) is 6.08 Å². The maximum atomic E-state index is 15.8. The van der Waals surface area contributed by atoms with Gasteiger partial charge in [-0.25, -0.2) is 18.5 Å². The fourth-order valence-corrected chi connectivity index (χ4v) is 13.6. The molecule has 1 aromatic carbocycles. The number of benzene rings is 1. The molecule has 4 fully saturated rings. The molecule has 3 saturated carbocycles. The summed E-state index contributed by atoms with van der Waals surface area (Å²) in [7, 11) is -16.7. The predicted octanol–water partition coefficient (Wildman–Crippen LogP) is 6.90. The Morgan fingerprint density at radius 2 is 1.57 bits per heavy atom. The summed E-state index contributed by atoms with van der Waals surface area (Å²) < 4.78 is 74.7. The number of carbonyl (C=O) groups excluding carboxylic acids is 3. The van der Waals surface area contributed by atoms with E-state index < -0.39 is 97.0 Å². The first kappa shape index (κ1) is 47.7. The molecule has 1 spiro atoms. The van der Waals surface area contributed by atoms with E-state index in [4.69, 9.17) is 23.5 Å². The molecule has 9 unspecified atom stereocenters. The lowest BCUT2D eigenvalue weighted by Crippen LogP contribution is -2.86. The molecule has 18 nitrogen and oxygen atoms in total. The normalized spacial score (nSPS) is 32.6. The zero-order valence-electron chi connectivity index (χ0n) is 34.9. The fourth-order valence-electron chi connectivity index (χ4n) is 9.39. The number of fused-ring (bicyclic) bond motifs is 2. The summed E-state index contributed by atoms with van der Waals surface area (Å²) in [4.78, 5) is 82.7. The lowest BCUT2D eigenvalue weighted by atomic mass is 9.45. The average molecular weight is 980 g/mol. The molecule has 1 saturated heterocycles. The number of aliphatic hydroxyl groups excluding tert-OH is 1. The number of aliphatic hydroxyl groups is 1. The third-order valence-corrected chi connectivity index (χ3v) is 17.1. The van der Waals surface area contributed by atoms with Crippen molar-refractivity contribution in [3.63, 3.8) is 0 Å². The fraction of sp³-hybridized carbons (Fsp3) is 0.564. The van der Waals surface area contributed by atoms with Crippen LogP contribution in [0.5, 0.6) is 17.2 Å². The van der Waals surface area contributed by atoms with Crippen LogP contribution in [0.2, 0.25) is 0 Å². The SMILES string of the molecule is COC(=O)C(C)=CCC12OC(C)(C)C3CC(C1=O)C(O)C1(Br)C(=O)c4c(OP(=O)(O)OP(=O)(O)OP(=O)(O)O)c5c(c(CC=C(C)C)c4OC321)OC(C)(CCC=C(C)C)C=C5. The molecule has 6 aliphatic rings. The molecule has 22 heteroatoms. The maximum absolute atomic E-state index is 15.8. The van der Waals surface area contributed by atoms with Crippen molar-refractivity contribution in [3.8, 4) is 17.2 Å². The highest BCUT2D eigenvalue weighted by atomic mass is 79.9. The first-order valence-corrected chi connectivity index (χ1v) is 24.5. The van der Waals surface area contributed by atoms with Crippen LogP contribution in [0.3, 0.4) is 0 Å². The van der Waals surface area contributed by atoms with E-state index in [9.17, 15) is 48.0 Å². The summed E-state index contributed by atoms with van der Waals surface area (Å²) in [5.41, 5.74) is -4.97. The van der Waals surface area contributed by atoms with E-state index in [-0.39, 0.29) is 47.5 Å². The molecule has 1 aromatic rings. The summed E-state index contributed by atoms with van der Waals surface area (Å²) >= 11 is 3.60. The van der Waals surface area contributed by atoms with Gasteiger partial charge in [0.2, 0.25) is 0 Å². The monoisotopic (exact) mass is 978 g/mol. The number of alkyl halides is 1. The molecule has 4 bridgehead atoms. The van der Waals surface area contributed by atoms with Gasteiger partial charge in [-0.05, 0) is 93.2 Å². The largest absolute Gasteiger partial charge is 0.536 e. The van der Waals surface area contributed by atoms with Crippen LogP contribution in [-0.4, -0.2) is 82.2 Å². The van der Waals surface area contributed by atoms with Crippen LogP contribution in [0, 0.1) is 11.8 Å². The minimum atomic E-state index is -6.06. The van der Waals surface area contributed by atoms with Crippen LogP contribution in [0.15, 0.2) is 41.0 Å². The number of methoxy groups -OCH3 is 1. The predicted molar refractivity (Wildman–Crippen MR) is 221 cm³/mol. The molecular weight excluding hydrogens is 929 g/mol. The summed E-state index contributed by atoms with van der Waals surface area (Å²) in [6, 6.07) is 0. The van der Waals surface area contributed by atoms with Crippen LogP contribution < -0.4 is 14.0 Å². The van der Waals surface area contributed by atoms with Crippen molar-refractivity contribution in [3.05, 3.63) is 57.7 Å². The van der Waals surface area contributed by atoms with Gasteiger partial charge in [0.1, 0.15) is 22.7 Å². The van der Waals surface area contributed by atoms with Crippen molar-refractivity contribution >= 4 is 63.0 Å². The van der Waals surface area contributed by atoms with Crippen molar-refractivity contribution in [2.24, 2.45) is 11.8 Å². The highest BCUT2D eigenvalue weighted by Gasteiger charge is 2.90. The van der Waals surface area contributed by atoms with Crippen LogP contribution in [0.4, 0.5) is 0 Å². The number of halogens is 1. The second-order valence-electron chi connectivity index (χ2n) is 17.2. The van der Waals surface area contributed by atoms with Crippen molar-refractivity contribution in [2.75, 3.05) is 7.11 Å². The Kier molecular flexibility index (Phi) is 12.3. The van der Waals surface area contributed by atoms with Gasteiger partial charge in [-0.3, -0.25) is 14.5 Å². The second kappa shape index (κ2) is 15.7. The van der Waals surface area contributed by atoms with Crippen LogP contribution in [-0.2, 0) is 47.8 Å². The number of carbonyl (C=O) groups is 3. The van der Waals surface area contributed by atoms with Gasteiger partial charge in [0.25, 0.3) is 0 Å². The first-order valence-electron chi connectivity index (χ1n) is 19.2.